The Hall–Kier alpha value is -0.340. The van der Waals surface area contributed by atoms with E-state index in [9.17, 15) is 10.2 Å². The van der Waals surface area contributed by atoms with Crippen molar-refractivity contribution in [2.24, 2.45) is 52.3 Å². The van der Waals surface area contributed by atoms with Gasteiger partial charge in [0, 0.05) is 0 Å². The first kappa shape index (κ1) is 23.8. The zero-order chi connectivity index (χ0) is 22.6. The highest BCUT2D eigenvalue weighted by Gasteiger charge is 2.62. The lowest BCUT2D eigenvalue weighted by Crippen LogP contribution is -2.56. The number of rotatable bonds is 6. The van der Waals surface area contributed by atoms with E-state index in [0.717, 1.165) is 43.4 Å². The van der Waals surface area contributed by atoms with Crippen LogP contribution in [0.15, 0.2) is 11.6 Å². The standard InChI is InChI=1S/C29H50O2/c1-7-20(18(2)3)9-8-19(4)24-12-13-25-23-11-10-21-16-22(30)14-15-28(21,5)26(23)17-27(31)29(24,25)6/h10,18-20,22-27,30-31H,7-9,11-17H2,1-6H3/t19-,20-,22+,23+,24-,25+,26+,27+,28+,29-/m1/s1. The number of hydrogen-bond acceptors (Lipinski definition) is 2. The predicted molar refractivity (Wildman–Crippen MR) is 130 cm³/mol. The molecule has 4 aliphatic rings. The molecule has 0 aromatic rings. The molecule has 0 bridgehead atoms. The van der Waals surface area contributed by atoms with Crippen molar-refractivity contribution in [3.63, 3.8) is 0 Å². The van der Waals surface area contributed by atoms with Crippen LogP contribution in [0.4, 0.5) is 0 Å². The van der Waals surface area contributed by atoms with Gasteiger partial charge in [-0.25, -0.2) is 0 Å². The van der Waals surface area contributed by atoms with Crippen LogP contribution in [0.2, 0.25) is 0 Å². The molecule has 0 aliphatic heterocycles. The third-order valence-electron chi connectivity index (χ3n) is 11.4. The van der Waals surface area contributed by atoms with Gasteiger partial charge >= 0.3 is 0 Å². The summed E-state index contributed by atoms with van der Waals surface area (Å²) in [6, 6.07) is 0. The van der Waals surface area contributed by atoms with Gasteiger partial charge in [-0.1, -0.05) is 66.0 Å². The first-order valence-corrected chi connectivity index (χ1v) is 13.7. The molecule has 0 spiro atoms. The fourth-order valence-electron chi connectivity index (χ4n) is 9.26. The van der Waals surface area contributed by atoms with E-state index in [1.165, 1.54) is 44.1 Å². The van der Waals surface area contributed by atoms with Crippen LogP contribution in [0.1, 0.15) is 106 Å². The molecule has 0 amide bonds. The Morgan fingerprint density at radius 3 is 2.45 bits per heavy atom. The van der Waals surface area contributed by atoms with Crippen LogP contribution in [-0.4, -0.2) is 22.4 Å². The summed E-state index contributed by atoms with van der Waals surface area (Å²) in [5.41, 5.74) is 1.81. The van der Waals surface area contributed by atoms with Crippen molar-refractivity contribution < 1.29 is 10.2 Å². The second-order valence-corrected chi connectivity index (χ2v) is 12.9. The van der Waals surface area contributed by atoms with Crippen molar-refractivity contribution in [1.29, 1.82) is 0 Å². The molecular weight excluding hydrogens is 380 g/mol. The highest BCUT2D eigenvalue weighted by molar-refractivity contribution is 5.26. The van der Waals surface area contributed by atoms with Gasteiger partial charge in [-0.05, 0) is 104 Å². The molecular formula is C29H50O2. The van der Waals surface area contributed by atoms with Crippen LogP contribution in [0, 0.1) is 52.3 Å². The second kappa shape index (κ2) is 8.79. The minimum absolute atomic E-state index is 0.0933. The Balaban J connectivity index is 1.52. The smallest absolute Gasteiger partial charge is 0.0602 e. The van der Waals surface area contributed by atoms with E-state index in [1.54, 1.807) is 0 Å². The molecule has 0 unspecified atom stereocenters. The number of aliphatic hydroxyl groups excluding tert-OH is 2. The minimum atomic E-state index is -0.163. The van der Waals surface area contributed by atoms with Gasteiger partial charge < -0.3 is 10.2 Å². The molecule has 0 saturated heterocycles. The summed E-state index contributed by atoms with van der Waals surface area (Å²) in [7, 11) is 0. The maximum atomic E-state index is 11.7. The Morgan fingerprint density at radius 2 is 1.77 bits per heavy atom. The van der Waals surface area contributed by atoms with Crippen LogP contribution < -0.4 is 0 Å². The maximum Gasteiger partial charge on any atom is 0.0602 e. The summed E-state index contributed by atoms with van der Waals surface area (Å²) < 4.78 is 0. The molecule has 4 rings (SSSR count). The maximum absolute atomic E-state index is 11.7. The number of allylic oxidation sites excluding steroid dienone is 1. The van der Waals surface area contributed by atoms with Gasteiger partial charge in [0.2, 0.25) is 0 Å². The van der Waals surface area contributed by atoms with Crippen LogP contribution in [0.3, 0.4) is 0 Å². The zero-order valence-corrected chi connectivity index (χ0v) is 21.2. The van der Waals surface area contributed by atoms with E-state index < -0.39 is 0 Å². The summed E-state index contributed by atoms with van der Waals surface area (Å²) in [5, 5.41) is 21.9. The van der Waals surface area contributed by atoms with Crippen LogP contribution >= 0.6 is 0 Å². The second-order valence-electron chi connectivity index (χ2n) is 12.9. The number of aliphatic hydroxyl groups is 2. The van der Waals surface area contributed by atoms with E-state index >= 15 is 0 Å². The molecule has 0 aromatic heterocycles. The molecule has 0 heterocycles. The summed E-state index contributed by atoms with van der Waals surface area (Å²) in [4.78, 5) is 0. The lowest BCUT2D eigenvalue weighted by Gasteiger charge is -2.60. The molecule has 10 atom stereocenters. The fraction of sp³-hybridized carbons (Fsp3) is 0.931. The van der Waals surface area contributed by atoms with Crippen LogP contribution in [0.25, 0.3) is 0 Å². The Kier molecular flexibility index (Phi) is 6.75. The SMILES string of the molecule is CC[C@H](CC[C@@H](C)[C@H]1CC[C@H]2[C@@H]3CC=C4C[C@@H](O)CC[C@]4(C)[C@H]3C[C@H](O)[C@]12C)C(C)C. The van der Waals surface area contributed by atoms with Crippen molar-refractivity contribution in [3.8, 4) is 0 Å². The average Bonchev–Trinajstić information content (AvgIpc) is 3.08. The summed E-state index contributed by atoms with van der Waals surface area (Å²) in [6.45, 7) is 14.5. The quantitative estimate of drug-likeness (QED) is 0.446. The van der Waals surface area contributed by atoms with Gasteiger partial charge in [-0.15, -0.1) is 0 Å². The minimum Gasteiger partial charge on any atom is -0.393 e. The van der Waals surface area contributed by atoms with E-state index in [0.29, 0.717) is 23.7 Å². The Labute approximate surface area is 192 Å². The van der Waals surface area contributed by atoms with Crippen molar-refractivity contribution >= 4 is 0 Å². The van der Waals surface area contributed by atoms with Crippen LogP contribution in [-0.2, 0) is 0 Å². The van der Waals surface area contributed by atoms with Gasteiger partial charge in [0.25, 0.3) is 0 Å². The third kappa shape index (κ3) is 3.86. The predicted octanol–water partition coefficient (Wildman–Crippen LogP) is 7.00. The molecule has 3 saturated carbocycles. The first-order valence-electron chi connectivity index (χ1n) is 13.7. The summed E-state index contributed by atoms with van der Waals surface area (Å²) in [5.74, 6) is 5.01. The number of fused-ring (bicyclic) bond motifs is 5. The monoisotopic (exact) mass is 430 g/mol. The molecule has 2 nitrogen and oxygen atoms in total. The van der Waals surface area contributed by atoms with Gasteiger partial charge in [-0.2, -0.15) is 0 Å². The van der Waals surface area contributed by atoms with E-state index in [2.05, 4.69) is 47.6 Å². The molecule has 0 aromatic carbocycles. The van der Waals surface area contributed by atoms with E-state index in [4.69, 9.17) is 0 Å². The largest absolute Gasteiger partial charge is 0.393 e. The molecule has 31 heavy (non-hydrogen) atoms. The van der Waals surface area contributed by atoms with Gasteiger partial charge in [-0.3, -0.25) is 0 Å². The normalized spacial score (nSPS) is 46.7. The van der Waals surface area contributed by atoms with Crippen molar-refractivity contribution in [1.82, 2.24) is 0 Å². The van der Waals surface area contributed by atoms with Crippen molar-refractivity contribution in [2.75, 3.05) is 0 Å². The first-order chi connectivity index (χ1) is 14.6. The average molecular weight is 431 g/mol. The van der Waals surface area contributed by atoms with Gasteiger partial charge in [0.05, 0.1) is 12.2 Å². The Morgan fingerprint density at radius 1 is 1.03 bits per heavy atom. The van der Waals surface area contributed by atoms with Crippen molar-refractivity contribution in [3.05, 3.63) is 11.6 Å². The van der Waals surface area contributed by atoms with Crippen molar-refractivity contribution in [2.45, 2.75) is 118 Å². The van der Waals surface area contributed by atoms with E-state index in [1.807, 2.05) is 0 Å². The number of hydrogen-bond donors (Lipinski definition) is 2. The lowest BCUT2D eigenvalue weighted by molar-refractivity contribution is -0.136. The molecule has 178 valence electrons. The zero-order valence-electron chi connectivity index (χ0n) is 21.2. The fourth-order valence-corrected chi connectivity index (χ4v) is 9.26. The molecule has 2 heteroatoms. The van der Waals surface area contributed by atoms with Crippen LogP contribution in [0.5, 0.6) is 0 Å². The third-order valence-corrected chi connectivity index (χ3v) is 11.4. The molecule has 2 N–H and O–H groups in total. The molecule has 4 aliphatic carbocycles. The summed E-state index contributed by atoms with van der Waals surface area (Å²) >= 11 is 0. The molecule has 0 radical (unpaired) electrons. The Bertz CT molecular complexity index is 668. The van der Waals surface area contributed by atoms with Gasteiger partial charge in [0.15, 0.2) is 0 Å². The summed E-state index contributed by atoms with van der Waals surface area (Å²) in [6.07, 6.45) is 13.9. The molecule has 3 fully saturated rings. The topological polar surface area (TPSA) is 40.5 Å². The highest BCUT2D eigenvalue weighted by atomic mass is 16.3. The van der Waals surface area contributed by atoms with E-state index in [-0.39, 0.29) is 23.0 Å². The highest BCUT2D eigenvalue weighted by Crippen LogP contribution is 2.67. The lowest BCUT2D eigenvalue weighted by atomic mass is 9.46. The van der Waals surface area contributed by atoms with Gasteiger partial charge in [0.1, 0.15) is 0 Å².